The van der Waals surface area contributed by atoms with Crippen LogP contribution in [0.15, 0.2) is 42.7 Å². The first-order valence-corrected chi connectivity index (χ1v) is 6.99. The highest BCUT2D eigenvalue weighted by Gasteiger charge is 2.04. The maximum atomic E-state index is 4.32. The van der Waals surface area contributed by atoms with Crippen molar-refractivity contribution in [3.63, 3.8) is 0 Å². The lowest BCUT2D eigenvalue weighted by Crippen LogP contribution is -2.21. The van der Waals surface area contributed by atoms with Crippen LogP contribution in [0, 0.1) is 0 Å². The van der Waals surface area contributed by atoms with E-state index in [0.29, 0.717) is 5.92 Å². The zero-order valence-corrected chi connectivity index (χ0v) is 11.8. The first kappa shape index (κ1) is 13.8. The van der Waals surface area contributed by atoms with Crippen molar-refractivity contribution in [2.75, 3.05) is 13.1 Å². The fourth-order valence-electron chi connectivity index (χ4n) is 2.23. The highest BCUT2D eigenvalue weighted by molar-refractivity contribution is 5.18. The maximum Gasteiger partial charge on any atom is 0.109 e. The number of rotatable bonds is 7. The molecule has 1 aromatic heterocycles. The fraction of sp³-hybridized carbons (Fsp3) is 0.438. The topological polar surface area (TPSA) is 29.9 Å². The Morgan fingerprint density at radius 3 is 2.68 bits per heavy atom. The minimum absolute atomic E-state index is 0.613. The van der Waals surface area contributed by atoms with Gasteiger partial charge in [0.15, 0.2) is 0 Å². The van der Waals surface area contributed by atoms with Gasteiger partial charge in [0.05, 0.1) is 0 Å². The largest absolute Gasteiger partial charge is 0.338 e. The van der Waals surface area contributed by atoms with E-state index in [2.05, 4.69) is 52.1 Å². The van der Waals surface area contributed by atoms with Gasteiger partial charge in [0.25, 0.3) is 0 Å². The maximum absolute atomic E-state index is 4.32. The molecule has 0 bridgehead atoms. The summed E-state index contributed by atoms with van der Waals surface area (Å²) in [7, 11) is 2.04. The third kappa shape index (κ3) is 4.21. The number of hydrogen-bond acceptors (Lipinski definition) is 2. The number of hydrogen-bond donors (Lipinski definition) is 1. The van der Waals surface area contributed by atoms with Crippen LogP contribution in [0.5, 0.6) is 0 Å². The Kier molecular flexibility index (Phi) is 5.16. The molecule has 3 nitrogen and oxygen atoms in total. The summed E-state index contributed by atoms with van der Waals surface area (Å²) in [6, 6.07) is 10.7. The monoisotopic (exact) mass is 257 g/mol. The van der Waals surface area contributed by atoms with Gasteiger partial charge in [0.2, 0.25) is 0 Å². The number of benzene rings is 1. The molecule has 0 spiro atoms. The van der Waals surface area contributed by atoms with E-state index in [1.165, 1.54) is 12.0 Å². The van der Waals surface area contributed by atoms with Gasteiger partial charge >= 0.3 is 0 Å². The van der Waals surface area contributed by atoms with Crippen LogP contribution in [0.25, 0.3) is 0 Å². The van der Waals surface area contributed by atoms with E-state index in [9.17, 15) is 0 Å². The van der Waals surface area contributed by atoms with Crippen molar-refractivity contribution < 1.29 is 0 Å². The van der Waals surface area contributed by atoms with Crippen LogP contribution in [-0.2, 0) is 13.5 Å². The van der Waals surface area contributed by atoms with Gasteiger partial charge in [0, 0.05) is 32.4 Å². The summed E-state index contributed by atoms with van der Waals surface area (Å²) in [5, 5.41) is 3.50. The first-order valence-electron chi connectivity index (χ1n) is 6.99. The third-order valence-corrected chi connectivity index (χ3v) is 3.57. The Balaban J connectivity index is 1.63. The van der Waals surface area contributed by atoms with Crippen molar-refractivity contribution in [3.8, 4) is 0 Å². The van der Waals surface area contributed by atoms with Crippen molar-refractivity contribution >= 4 is 0 Å². The average molecular weight is 257 g/mol. The number of aromatic nitrogens is 2. The predicted molar refractivity (Wildman–Crippen MR) is 79.3 cm³/mol. The minimum atomic E-state index is 0.613. The lowest BCUT2D eigenvalue weighted by atomic mass is 9.98. The SMILES string of the molecule is CC(CCNCCc1nccn1C)c1ccccc1. The normalized spacial score (nSPS) is 12.5. The van der Waals surface area contributed by atoms with Gasteiger partial charge < -0.3 is 9.88 Å². The summed E-state index contributed by atoms with van der Waals surface area (Å²) in [4.78, 5) is 4.32. The van der Waals surface area contributed by atoms with Crippen molar-refractivity contribution in [2.45, 2.75) is 25.7 Å². The van der Waals surface area contributed by atoms with Gasteiger partial charge in [-0.05, 0) is 24.4 Å². The Morgan fingerprint density at radius 2 is 2.00 bits per heavy atom. The molecule has 1 heterocycles. The highest BCUT2D eigenvalue weighted by atomic mass is 15.0. The van der Waals surface area contributed by atoms with Gasteiger partial charge in [-0.25, -0.2) is 4.98 Å². The quantitative estimate of drug-likeness (QED) is 0.773. The summed E-state index contributed by atoms with van der Waals surface area (Å²) < 4.78 is 2.08. The van der Waals surface area contributed by atoms with Crippen LogP contribution in [0.3, 0.4) is 0 Å². The molecule has 1 unspecified atom stereocenters. The first-order chi connectivity index (χ1) is 9.27. The average Bonchev–Trinajstić information content (AvgIpc) is 2.85. The van der Waals surface area contributed by atoms with Crippen molar-refractivity contribution in [2.24, 2.45) is 7.05 Å². The van der Waals surface area contributed by atoms with Crippen molar-refractivity contribution in [3.05, 3.63) is 54.1 Å². The minimum Gasteiger partial charge on any atom is -0.338 e. The number of nitrogens with zero attached hydrogens (tertiary/aromatic N) is 2. The summed E-state index contributed by atoms with van der Waals surface area (Å²) in [5.41, 5.74) is 1.42. The van der Waals surface area contributed by atoms with Gasteiger partial charge in [-0.2, -0.15) is 0 Å². The molecule has 19 heavy (non-hydrogen) atoms. The van der Waals surface area contributed by atoms with Gasteiger partial charge in [-0.1, -0.05) is 37.3 Å². The second kappa shape index (κ2) is 7.10. The zero-order chi connectivity index (χ0) is 13.5. The van der Waals surface area contributed by atoms with E-state index in [1.807, 2.05) is 19.4 Å². The van der Waals surface area contributed by atoms with Crippen LogP contribution in [0.2, 0.25) is 0 Å². The zero-order valence-electron chi connectivity index (χ0n) is 11.8. The van der Waals surface area contributed by atoms with Crippen LogP contribution >= 0.6 is 0 Å². The summed E-state index contributed by atoms with van der Waals surface area (Å²) in [6.07, 6.45) is 6.01. The van der Waals surface area contributed by atoms with E-state index in [-0.39, 0.29) is 0 Å². The predicted octanol–water partition coefficient (Wildman–Crippen LogP) is 2.75. The molecule has 1 atom stereocenters. The molecular weight excluding hydrogens is 234 g/mol. The van der Waals surface area contributed by atoms with Gasteiger partial charge in [0.1, 0.15) is 5.82 Å². The Hall–Kier alpha value is -1.61. The number of aryl methyl sites for hydroxylation is 1. The molecule has 2 rings (SSSR count). The lowest BCUT2D eigenvalue weighted by molar-refractivity contribution is 0.586. The van der Waals surface area contributed by atoms with Gasteiger partial charge in [-0.3, -0.25) is 0 Å². The molecule has 1 aromatic carbocycles. The fourth-order valence-corrected chi connectivity index (χ4v) is 2.23. The van der Waals surface area contributed by atoms with Crippen molar-refractivity contribution in [1.82, 2.24) is 14.9 Å². The van der Waals surface area contributed by atoms with Gasteiger partial charge in [-0.15, -0.1) is 0 Å². The van der Waals surface area contributed by atoms with Crippen LogP contribution in [-0.4, -0.2) is 22.6 Å². The van der Waals surface area contributed by atoms with E-state index in [1.54, 1.807) is 0 Å². The molecule has 0 aliphatic heterocycles. The summed E-state index contributed by atoms with van der Waals surface area (Å²) >= 11 is 0. The molecule has 3 heteroatoms. The van der Waals surface area contributed by atoms with E-state index < -0.39 is 0 Å². The second-order valence-corrected chi connectivity index (χ2v) is 5.05. The summed E-state index contributed by atoms with van der Waals surface area (Å²) in [5.74, 6) is 1.76. The van der Waals surface area contributed by atoms with Crippen LogP contribution in [0.4, 0.5) is 0 Å². The molecule has 0 aliphatic carbocycles. The molecule has 0 aliphatic rings. The number of nitrogens with one attached hydrogen (secondary N) is 1. The lowest BCUT2D eigenvalue weighted by Gasteiger charge is -2.12. The molecule has 0 fully saturated rings. The van der Waals surface area contributed by atoms with Crippen LogP contribution < -0.4 is 5.32 Å². The van der Waals surface area contributed by atoms with E-state index in [4.69, 9.17) is 0 Å². The molecule has 2 aromatic rings. The molecule has 102 valence electrons. The smallest absolute Gasteiger partial charge is 0.109 e. The molecule has 0 saturated heterocycles. The number of imidazole rings is 1. The third-order valence-electron chi connectivity index (χ3n) is 3.57. The van der Waals surface area contributed by atoms with E-state index in [0.717, 1.165) is 25.3 Å². The Morgan fingerprint density at radius 1 is 1.21 bits per heavy atom. The molecule has 0 saturated carbocycles. The molecular formula is C16H23N3. The standard InChI is InChI=1S/C16H23N3/c1-14(15-6-4-3-5-7-15)8-10-17-11-9-16-18-12-13-19(16)2/h3-7,12-14,17H,8-11H2,1-2H3. The Bertz CT molecular complexity index is 476. The van der Waals surface area contributed by atoms with E-state index >= 15 is 0 Å². The molecule has 1 N–H and O–H groups in total. The molecule has 0 amide bonds. The van der Waals surface area contributed by atoms with Crippen molar-refractivity contribution in [1.29, 1.82) is 0 Å². The summed E-state index contributed by atoms with van der Waals surface area (Å²) in [6.45, 7) is 4.34. The highest BCUT2D eigenvalue weighted by Crippen LogP contribution is 2.17. The Labute approximate surface area is 115 Å². The second-order valence-electron chi connectivity index (χ2n) is 5.05. The van der Waals surface area contributed by atoms with Crippen LogP contribution in [0.1, 0.15) is 30.7 Å². The molecule has 0 radical (unpaired) electrons.